The molecule has 0 aromatic carbocycles. The van der Waals surface area contributed by atoms with Gasteiger partial charge in [0.1, 0.15) is 0 Å². The summed E-state index contributed by atoms with van der Waals surface area (Å²) < 4.78 is 1.03. The summed E-state index contributed by atoms with van der Waals surface area (Å²) in [4.78, 5) is 0. The van der Waals surface area contributed by atoms with Crippen LogP contribution < -0.4 is 24.8 Å². The van der Waals surface area contributed by atoms with E-state index in [0.717, 1.165) is 27.3 Å². The molecule has 5 unspecified atom stereocenters. The Morgan fingerprint density at radius 3 is 2.06 bits per heavy atom. The topological polar surface area (TPSA) is 0 Å². The van der Waals surface area contributed by atoms with Crippen molar-refractivity contribution in [2.24, 2.45) is 23.7 Å². The van der Waals surface area contributed by atoms with Gasteiger partial charge in [-0.1, -0.05) is 0 Å². The fourth-order valence-corrected chi connectivity index (χ4v) is 5.66. The first kappa shape index (κ1) is 15.0. The molecule has 3 aliphatic carbocycles. The summed E-state index contributed by atoms with van der Waals surface area (Å²) >= 11 is 1.79. The van der Waals surface area contributed by atoms with Crippen LogP contribution in [0.1, 0.15) is 25.7 Å². The van der Waals surface area contributed by atoms with E-state index in [1.807, 2.05) is 0 Å². The van der Waals surface area contributed by atoms with Crippen molar-refractivity contribution < 1.29 is 49.5 Å². The summed E-state index contributed by atoms with van der Waals surface area (Å²) in [5.74, 6) is 3.93. The van der Waals surface area contributed by atoms with Gasteiger partial charge in [0.25, 0.3) is 0 Å². The molecule has 0 radical (unpaired) electrons. The van der Waals surface area contributed by atoms with Gasteiger partial charge >= 0.3 is 102 Å². The molecule has 3 heteroatoms. The third-order valence-electron chi connectivity index (χ3n) is 4.47. The van der Waals surface area contributed by atoms with Gasteiger partial charge in [-0.05, 0) is 0 Å². The van der Waals surface area contributed by atoms with E-state index >= 15 is 0 Å². The van der Waals surface area contributed by atoms with Gasteiger partial charge < -0.3 is 24.8 Å². The van der Waals surface area contributed by atoms with Gasteiger partial charge in [0.2, 0.25) is 0 Å². The molecule has 0 N–H and O–H groups in total. The Morgan fingerprint density at radius 2 is 1.38 bits per heavy atom. The van der Waals surface area contributed by atoms with Crippen LogP contribution in [0.4, 0.5) is 0 Å². The number of allylic oxidation sites excluding steroid dienone is 4. The van der Waals surface area contributed by atoms with Crippen LogP contribution in [0.3, 0.4) is 0 Å². The quantitative estimate of drug-likeness (QED) is 0.460. The molecule has 16 heavy (non-hydrogen) atoms. The standard InChI is InChI=1S/C13H17.2ClH.Zr/c1-3-7-12-10(5-1)9-11-6-2-4-8-13(11)12;;;/h1,3,5,7,9-13H,2,4,6,8H2;2*1H;/q;;;+2/p-2. The van der Waals surface area contributed by atoms with Gasteiger partial charge in [-0.25, -0.2) is 0 Å². The second-order valence-electron chi connectivity index (χ2n) is 5.06. The number of halogens is 2. The molecule has 0 bridgehead atoms. The first-order valence-electron chi connectivity index (χ1n) is 5.94. The minimum absolute atomic E-state index is 0. The molecule has 87 valence electrons. The van der Waals surface area contributed by atoms with Crippen molar-refractivity contribution in [3.05, 3.63) is 24.3 Å². The van der Waals surface area contributed by atoms with Crippen LogP contribution in [0.2, 0.25) is 3.63 Å². The van der Waals surface area contributed by atoms with Crippen LogP contribution in [0.15, 0.2) is 24.3 Å². The Labute approximate surface area is 126 Å². The van der Waals surface area contributed by atoms with Crippen molar-refractivity contribution >= 4 is 0 Å². The molecule has 0 heterocycles. The fourth-order valence-electron chi connectivity index (χ4n) is 3.83. The summed E-state index contributed by atoms with van der Waals surface area (Å²) in [6.45, 7) is 0. The molecule has 3 rings (SSSR count). The zero-order valence-electron chi connectivity index (χ0n) is 9.28. The normalized spacial score (nSPS) is 44.0. The molecule has 0 aromatic heterocycles. The van der Waals surface area contributed by atoms with Gasteiger partial charge in [-0.3, -0.25) is 0 Å². The molecular weight excluding hydrogens is 318 g/mol. The summed E-state index contributed by atoms with van der Waals surface area (Å²) in [5, 5.41) is 0. The molecular formula is C13H17Cl2Zr. The number of fused-ring (bicyclic) bond motifs is 3. The monoisotopic (exact) mass is 333 g/mol. The minimum atomic E-state index is 0. The van der Waals surface area contributed by atoms with Crippen molar-refractivity contribution in [1.82, 2.24) is 0 Å². The van der Waals surface area contributed by atoms with Gasteiger partial charge in [0.15, 0.2) is 0 Å². The van der Waals surface area contributed by atoms with E-state index in [1.165, 1.54) is 25.7 Å². The van der Waals surface area contributed by atoms with Crippen molar-refractivity contribution in [1.29, 1.82) is 0 Å². The van der Waals surface area contributed by atoms with E-state index < -0.39 is 0 Å². The number of rotatable bonds is 0. The molecule has 2 saturated carbocycles. The van der Waals surface area contributed by atoms with Crippen LogP contribution in [0.25, 0.3) is 0 Å². The van der Waals surface area contributed by atoms with Crippen LogP contribution >= 0.6 is 0 Å². The molecule has 0 aromatic rings. The maximum atomic E-state index is 2.50. The van der Waals surface area contributed by atoms with Gasteiger partial charge in [0, 0.05) is 0 Å². The second-order valence-corrected chi connectivity index (χ2v) is 6.70. The third-order valence-corrected chi connectivity index (χ3v) is 6.47. The van der Waals surface area contributed by atoms with E-state index in [9.17, 15) is 0 Å². The van der Waals surface area contributed by atoms with Gasteiger partial charge in [0.05, 0.1) is 0 Å². The molecule has 0 nitrogen and oxygen atoms in total. The first-order valence-corrected chi connectivity index (χ1v) is 7.36. The van der Waals surface area contributed by atoms with Crippen molar-refractivity contribution in [2.75, 3.05) is 0 Å². The molecule has 0 saturated heterocycles. The van der Waals surface area contributed by atoms with E-state index in [2.05, 4.69) is 24.3 Å². The van der Waals surface area contributed by atoms with Crippen molar-refractivity contribution in [3.8, 4) is 0 Å². The molecule has 0 spiro atoms. The van der Waals surface area contributed by atoms with Gasteiger partial charge in [-0.15, -0.1) is 0 Å². The molecule has 3 aliphatic rings. The van der Waals surface area contributed by atoms with Crippen LogP contribution in [-0.4, -0.2) is 0 Å². The predicted octanol–water partition coefficient (Wildman–Crippen LogP) is -2.49. The van der Waals surface area contributed by atoms with Crippen molar-refractivity contribution in [2.45, 2.75) is 29.3 Å². The van der Waals surface area contributed by atoms with E-state index in [1.54, 1.807) is 24.7 Å². The average Bonchev–Trinajstić information content (AvgIpc) is 2.55. The van der Waals surface area contributed by atoms with E-state index in [-0.39, 0.29) is 24.8 Å². The fraction of sp³-hybridized carbons (Fsp3) is 0.692. The summed E-state index contributed by atoms with van der Waals surface area (Å²) in [7, 11) is 0. The average molecular weight is 335 g/mol. The number of hydrogen-bond acceptors (Lipinski definition) is 0. The van der Waals surface area contributed by atoms with Crippen LogP contribution in [0.5, 0.6) is 0 Å². The Kier molecular flexibility index (Phi) is 5.82. The summed E-state index contributed by atoms with van der Waals surface area (Å²) in [6.07, 6.45) is 15.6. The molecule has 0 aliphatic heterocycles. The second kappa shape index (κ2) is 6.21. The molecule has 0 amide bonds. The SMILES string of the molecule is [Cl-].[Cl-].[Zr+2][CH]1C2C=CC=CC2C2CCCCC12. The summed E-state index contributed by atoms with van der Waals surface area (Å²) in [6, 6.07) is 0. The Morgan fingerprint density at radius 1 is 0.812 bits per heavy atom. The van der Waals surface area contributed by atoms with Crippen LogP contribution in [0, 0.1) is 23.7 Å². The zero-order chi connectivity index (χ0) is 9.54. The zero-order valence-corrected chi connectivity index (χ0v) is 13.3. The van der Waals surface area contributed by atoms with Crippen LogP contribution in [-0.2, 0) is 24.7 Å². The Bertz CT molecular complexity index is 288. The third kappa shape index (κ3) is 2.38. The molecule has 2 fully saturated rings. The summed E-state index contributed by atoms with van der Waals surface area (Å²) in [5.41, 5.74) is 0. The Balaban J connectivity index is 0.000000640. The van der Waals surface area contributed by atoms with Gasteiger partial charge in [-0.2, -0.15) is 0 Å². The maximum absolute atomic E-state index is 2.50. The van der Waals surface area contributed by atoms with Crippen molar-refractivity contribution in [3.63, 3.8) is 0 Å². The Hall–Kier alpha value is 0.943. The number of hydrogen-bond donors (Lipinski definition) is 0. The van der Waals surface area contributed by atoms with E-state index in [0.29, 0.717) is 0 Å². The molecule has 5 atom stereocenters. The van der Waals surface area contributed by atoms with E-state index in [4.69, 9.17) is 0 Å². The predicted molar refractivity (Wildman–Crippen MR) is 54.5 cm³/mol. The first-order chi connectivity index (χ1) is 6.88.